The lowest BCUT2D eigenvalue weighted by atomic mass is 10.2. The van der Waals surface area contributed by atoms with Gasteiger partial charge >= 0.3 is 0 Å². The second-order valence-corrected chi connectivity index (χ2v) is 2.78. The molecule has 0 aliphatic heterocycles. The Morgan fingerprint density at radius 1 is 1.67 bits per heavy atom. The van der Waals surface area contributed by atoms with Crippen molar-refractivity contribution < 1.29 is 0 Å². The van der Waals surface area contributed by atoms with Crippen LogP contribution in [0.2, 0.25) is 0 Å². The van der Waals surface area contributed by atoms with Gasteiger partial charge in [0, 0.05) is 18.6 Å². The van der Waals surface area contributed by atoms with Crippen molar-refractivity contribution in [3.8, 4) is 0 Å². The standard InChI is InChI=1S/C7H16N2/c1-2-6(5-8)9-7-3-4-7/h6-7,9H,2-5,8H2,1H3. The van der Waals surface area contributed by atoms with Crippen LogP contribution in [-0.2, 0) is 0 Å². The average Bonchev–Trinajstić information content (AvgIpc) is 2.66. The summed E-state index contributed by atoms with van der Waals surface area (Å²) >= 11 is 0. The molecule has 3 N–H and O–H groups in total. The largest absolute Gasteiger partial charge is 0.329 e. The zero-order chi connectivity index (χ0) is 6.69. The Hall–Kier alpha value is -0.0800. The minimum atomic E-state index is 0.567. The number of nitrogens with one attached hydrogen (secondary N) is 1. The lowest BCUT2D eigenvalue weighted by Gasteiger charge is -2.12. The first kappa shape index (κ1) is 7.03. The second-order valence-electron chi connectivity index (χ2n) is 2.78. The van der Waals surface area contributed by atoms with Crippen LogP contribution in [0.15, 0.2) is 0 Å². The van der Waals surface area contributed by atoms with Crippen LogP contribution >= 0.6 is 0 Å². The van der Waals surface area contributed by atoms with Crippen molar-refractivity contribution in [3.05, 3.63) is 0 Å². The van der Waals surface area contributed by atoms with E-state index in [1.807, 2.05) is 0 Å². The van der Waals surface area contributed by atoms with Gasteiger partial charge in [0.1, 0.15) is 0 Å². The van der Waals surface area contributed by atoms with Crippen LogP contribution in [0.5, 0.6) is 0 Å². The van der Waals surface area contributed by atoms with Gasteiger partial charge in [-0.3, -0.25) is 0 Å². The quantitative estimate of drug-likeness (QED) is 0.578. The molecule has 9 heavy (non-hydrogen) atoms. The summed E-state index contributed by atoms with van der Waals surface area (Å²) in [5.41, 5.74) is 5.50. The fourth-order valence-electron chi connectivity index (χ4n) is 0.936. The maximum absolute atomic E-state index is 5.50. The molecule has 0 aromatic carbocycles. The summed E-state index contributed by atoms with van der Waals surface area (Å²) in [6, 6.07) is 1.37. The number of rotatable bonds is 4. The van der Waals surface area contributed by atoms with Gasteiger partial charge in [-0.2, -0.15) is 0 Å². The van der Waals surface area contributed by atoms with Gasteiger partial charge in [0.2, 0.25) is 0 Å². The van der Waals surface area contributed by atoms with E-state index in [0.717, 1.165) is 19.0 Å². The molecule has 1 rings (SSSR count). The van der Waals surface area contributed by atoms with E-state index in [4.69, 9.17) is 5.73 Å². The molecule has 1 fully saturated rings. The molecule has 0 aromatic rings. The van der Waals surface area contributed by atoms with Crippen LogP contribution in [0.1, 0.15) is 26.2 Å². The highest BCUT2D eigenvalue weighted by atomic mass is 15.0. The number of hydrogen-bond acceptors (Lipinski definition) is 2. The topological polar surface area (TPSA) is 38.0 Å². The van der Waals surface area contributed by atoms with Gasteiger partial charge < -0.3 is 11.1 Å². The van der Waals surface area contributed by atoms with Crippen molar-refractivity contribution in [1.82, 2.24) is 5.32 Å². The predicted molar refractivity (Wildman–Crippen MR) is 39.3 cm³/mol. The third kappa shape index (κ3) is 2.33. The molecule has 0 bridgehead atoms. The summed E-state index contributed by atoms with van der Waals surface area (Å²) in [6.45, 7) is 2.96. The second kappa shape index (κ2) is 3.18. The molecular formula is C7H16N2. The predicted octanol–water partition coefficient (Wildman–Crippen LogP) is 0.476. The van der Waals surface area contributed by atoms with Crippen molar-refractivity contribution in [1.29, 1.82) is 0 Å². The zero-order valence-corrected chi connectivity index (χ0v) is 6.06. The molecule has 1 unspecified atom stereocenters. The Morgan fingerprint density at radius 3 is 2.67 bits per heavy atom. The van der Waals surface area contributed by atoms with Gasteiger partial charge in [0.15, 0.2) is 0 Å². The molecule has 1 aliphatic rings. The Labute approximate surface area is 56.8 Å². The van der Waals surface area contributed by atoms with Crippen LogP contribution in [0.3, 0.4) is 0 Å². The van der Waals surface area contributed by atoms with Crippen LogP contribution < -0.4 is 11.1 Å². The normalized spacial score (nSPS) is 22.0. The SMILES string of the molecule is CCC(CN)NC1CC1. The lowest BCUT2D eigenvalue weighted by molar-refractivity contribution is 0.503. The first-order valence-corrected chi connectivity index (χ1v) is 3.83. The first-order chi connectivity index (χ1) is 4.36. The Bertz CT molecular complexity index is 75.0. The van der Waals surface area contributed by atoms with Crippen LogP contribution in [0.4, 0.5) is 0 Å². The highest BCUT2D eigenvalue weighted by Crippen LogP contribution is 2.19. The van der Waals surface area contributed by atoms with E-state index >= 15 is 0 Å². The lowest BCUT2D eigenvalue weighted by Crippen LogP contribution is -2.36. The van der Waals surface area contributed by atoms with Gasteiger partial charge in [-0.1, -0.05) is 6.92 Å². The molecule has 2 heteroatoms. The smallest absolute Gasteiger partial charge is 0.0190 e. The molecule has 1 saturated carbocycles. The van der Waals surface area contributed by atoms with Gasteiger partial charge in [0.25, 0.3) is 0 Å². The Morgan fingerprint density at radius 2 is 2.33 bits per heavy atom. The van der Waals surface area contributed by atoms with E-state index in [1.165, 1.54) is 12.8 Å². The first-order valence-electron chi connectivity index (χ1n) is 3.83. The van der Waals surface area contributed by atoms with Crippen molar-refractivity contribution in [2.24, 2.45) is 5.73 Å². The molecule has 1 aliphatic carbocycles. The van der Waals surface area contributed by atoms with Crippen molar-refractivity contribution >= 4 is 0 Å². The minimum absolute atomic E-state index is 0.567. The fourth-order valence-corrected chi connectivity index (χ4v) is 0.936. The Kier molecular flexibility index (Phi) is 2.49. The van der Waals surface area contributed by atoms with Gasteiger partial charge in [-0.05, 0) is 19.3 Å². The van der Waals surface area contributed by atoms with E-state index in [1.54, 1.807) is 0 Å². The Balaban J connectivity index is 2.05. The molecule has 0 heterocycles. The highest BCUT2D eigenvalue weighted by Gasteiger charge is 2.22. The monoisotopic (exact) mass is 128 g/mol. The summed E-state index contributed by atoms with van der Waals surface area (Å²) in [4.78, 5) is 0. The van der Waals surface area contributed by atoms with Crippen LogP contribution in [0, 0.1) is 0 Å². The summed E-state index contributed by atoms with van der Waals surface area (Å²) in [5, 5.41) is 3.47. The van der Waals surface area contributed by atoms with Crippen LogP contribution in [0.25, 0.3) is 0 Å². The van der Waals surface area contributed by atoms with E-state index in [-0.39, 0.29) is 0 Å². The minimum Gasteiger partial charge on any atom is -0.329 e. The summed E-state index contributed by atoms with van der Waals surface area (Å²) in [6.07, 6.45) is 3.88. The van der Waals surface area contributed by atoms with Crippen LogP contribution in [-0.4, -0.2) is 18.6 Å². The molecule has 0 amide bonds. The molecule has 54 valence electrons. The number of hydrogen-bond donors (Lipinski definition) is 2. The molecular weight excluding hydrogens is 112 g/mol. The molecule has 0 saturated heterocycles. The maximum Gasteiger partial charge on any atom is 0.0190 e. The molecule has 2 nitrogen and oxygen atoms in total. The summed E-state index contributed by atoms with van der Waals surface area (Å²) in [5.74, 6) is 0. The van der Waals surface area contributed by atoms with E-state index in [9.17, 15) is 0 Å². The van der Waals surface area contributed by atoms with Gasteiger partial charge in [-0.15, -0.1) is 0 Å². The highest BCUT2D eigenvalue weighted by molar-refractivity contribution is 4.84. The third-order valence-electron chi connectivity index (χ3n) is 1.83. The maximum atomic E-state index is 5.50. The summed E-state index contributed by atoms with van der Waals surface area (Å²) in [7, 11) is 0. The zero-order valence-electron chi connectivity index (χ0n) is 6.06. The van der Waals surface area contributed by atoms with Crippen molar-refractivity contribution in [2.75, 3.05) is 6.54 Å². The molecule has 1 atom stereocenters. The van der Waals surface area contributed by atoms with E-state index < -0.39 is 0 Å². The van der Waals surface area contributed by atoms with Crippen molar-refractivity contribution in [3.63, 3.8) is 0 Å². The van der Waals surface area contributed by atoms with Crippen molar-refractivity contribution in [2.45, 2.75) is 38.3 Å². The number of nitrogens with two attached hydrogens (primary N) is 1. The average molecular weight is 128 g/mol. The van der Waals surface area contributed by atoms with Gasteiger partial charge in [0.05, 0.1) is 0 Å². The molecule has 0 aromatic heterocycles. The summed E-state index contributed by atoms with van der Waals surface area (Å²) < 4.78 is 0. The van der Waals surface area contributed by atoms with E-state index in [2.05, 4.69) is 12.2 Å². The molecule has 0 spiro atoms. The van der Waals surface area contributed by atoms with E-state index in [0.29, 0.717) is 6.04 Å². The fraction of sp³-hybridized carbons (Fsp3) is 1.00. The molecule has 0 radical (unpaired) electrons. The third-order valence-corrected chi connectivity index (χ3v) is 1.83. The van der Waals surface area contributed by atoms with Gasteiger partial charge in [-0.25, -0.2) is 0 Å².